The SMILES string of the molecule is O=C(COc1c(C=Nn2c(-c3cc4cc(Br)ccc4o3)nc3ccccc3c2=O)cccc1[N+](=O)[O-])Nc1ccccc1F. The lowest BCUT2D eigenvalue weighted by molar-refractivity contribution is -0.385. The van der Waals surface area contributed by atoms with Gasteiger partial charge in [-0.25, -0.2) is 9.37 Å². The Labute approximate surface area is 255 Å². The van der Waals surface area contributed by atoms with Crippen molar-refractivity contribution in [3.8, 4) is 17.3 Å². The fourth-order valence-electron chi connectivity index (χ4n) is 4.47. The first-order valence-corrected chi connectivity index (χ1v) is 13.8. The summed E-state index contributed by atoms with van der Waals surface area (Å²) < 4.78 is 27.4. The fraction of sp³-hybridized carbons (Fsp3) is 0.0323. The van der Waals surface area contributed by atoms with Crippen molar-refractivity contribution in [3.05, 3.63) is 127 Å². The highest BCUT2D eigenvalue weighted by atomic mass is 79.9. The second kappa shape index (κ2) is 11.9. The van der Waals surface area contributed by atoms with Gasteiger partial charge >= 0.3 is 5.69 Å². The maximum atomic E-state index is 14.0. The number of rotatable bonds is 8. The third kappa shape index (κ3) is 5.68. The molecule has 13 heteroatoms. The number of ether oxygens (including phenoxy) is 1. The summed E-state index contributed by atoms with van der Waals surface area (Å²) in [6.45, 7) is -0.669. The first-order chi connectivity index (χ1) is 21.3. The largest absolute Gasteiger partial charge is 0.476 e. The van der Waals surface area contributed by atoms with Crippen LogP contribution in [0.3, 0.4) is 0 Å². The molecule has 0 fully saturated rings. The molecule has 0 spiro atoms. The van der Waals surface area contributed by atoms with E-state index in [1.165, 1.54) is 48.7 Å². The minimum atomic E-state index is -0.745. The van der Waals surface area contributed by atoms with Crippen molar-refractivity contribution < 1.29 is 23.3 Å². The molecule has 0 saturated carbocycles. The van der Waals surface area contributed by atoms with Crippen LogP contribution in [0.2, 0.25) is 0 Å². The van der Waals surface area contributed by atoms with E-state index < -0.39 is 34.5 Å². The van der Waals surface area contributed by atoms with Crippen LogP contribution < -0.4 is 15.6 Å². The molecule has 6 aromatic rings. The van der Waals surface area contributed by atoms with Crippen LogP contribution in [0.15, 0.2) is 110 Å². The summed E-state index contributed by atoms with van der Waals surface area (Å²) in [4.78, 5) is 41.9. The molecule has 0 bridgehead atoms. The lowest BCUT2D eigenvalue weighted by Crippen LogP contribution is -2.22. The van der Waals surface area contributed by atoms with E-state index in [1.807, 2.05) is 12.1 Å². The third-order valence-corrected chi connectivity index (χ3v) is 6.98. The number of amides is 1. The average Bonchev–Trinajstić information content (AvgIpc) is 3.44. The van der Waals surface area contributed by atoms with Crippen molar-refractivity contribution in [3.63, 3.8) is 0 Å². The summed E-state index contributed by atoms with van der Waals surface area (Å²) in [7, 11) is 0. The van der Waals surface area contributed by atoms with Gasteiger partial charge in [-0.3, -0.25) is 19.7 Å². The van der Waals surface area contributed by atoms with Crippen LogP contribution in [0.25, 0.3) is 33.5 Å². The number of furan rings is 1. The molecule has 0 saturated heterocycles. The number of nitro benzene ring substituents is 1. The molecule has 1 amide bonds. The minimum Gasteiger partial charge on any atom is -0.476 e. The Balaban J connectivity index is 1.40. The van der Waals surface area contributed by atoms with Crippen LogP contribution in [0.1, 0.15) is 5.56 Å². The average molecular weight is 656 g/mol. The Morgan fingerprint density at radius 3 is 2.70 bits per heavy atom. The number of nitrogens with zero attached hydrogens (tertiary/aromatic N) is 4. The molecule has 218 valence electrons. The predicted molar refractivity (Wildman–Crippen MR) is 166 cm³/mol. The molecule has 0 unspecified atom stereocenters. The molecule has 2 aromatic heterocycles. The van der Waals surface area contributed by atoms with E-state index in [4.69, 9.17) is 9.15 Å². The maximum absolute atomic E-state index is 14.0. The van der Waals surface area contributed by atoms with Gasteiger partial charge < -0.3 is 14.5 Å². The molecule has 1 N–H and O–H groups in total. The van der Waals surface area contributed by atoms with Crippen LogP contribution >= 0.6 is 15.9 Å². The number of benzene rings is 4. The Bertz CT molecular complexity index is 2180. The molecule has 44 heavy (non-hydrogen) atoms. The van der Waals surface area contributed by atoms with E-state index in [0.29, 0.717) is 11.1 Å². The van der Waals surface area contributed by atoms with Gasteiger partial charge in [-0.05, 0) is 54.6 Å². The highest BCUT2D eigenvalue weighted by Gasteiger charge is 2.21. The molecule has 0 aliphatic carbocycles. The van der Waals surface area contributed by atoms with Gasteiger partial charge in [0.05, 0.1) is 27.7 Å². The van der Waals surface area contributed by atoms with Crippen LogP contribution in [0, 0.1) is 15.9 Å². The van der Waals surface area contributed by atoms with Gasteiger partial charge in [-0.2, -0.15) is 9.78 Å². The van der Waals surface area contributed by atoms with Crippen molar-refractivity contribution in [2.24, 2.45) is 5.10 Å². The number of para-hydroxylation sites is 3. The van der Waals surface area contributed by atoms with E-state index >= 15 is 0 Å². The molecule has 0 aliphatic heterocycles. The van der Waals surface area contributed by atoms with Gasteiger partial charge in [0, 0.05) is 21.5 Å². The van der Waals surface area contributed by atoms with E-state index in [1.54, 1.807) is 36.4 Å². The quantitative estimate of drug-likeness (QED) is 0.112. The molecular formula is C31H19BrFN5O6. The van der Waals surface area contributed by atoms with Gasteiger partial charge in [-0.1, -0.05) is 46.3 Å². The third-order valence-electron chi connectivity index (χ3n) is 6.48. The molecule has 0 radical (unpaired) electrons. The molecule has 4 aromatic carbocycles. The van der Waals surface area contributed by atoms with Crippen LogP contribution in [-0.4, -0.2) is 33.3 Å². The molecule has 11 nitrogen and oxygen atoms in total. The standard InChI is InChI=1S/C31H19BrFN5O6/c32-20-12-13-26-19(14-20)15-27(44-26)30-36-23-9-3-1-7-21(23)31(40)37(30)34-16-18-6-5-11-25(38(41)42)29(18)43-17-28(39)35-24-10-4-2-8-22(24)33/h1-16H,17H2,(H,35,39). The summed E-state index contributed by atoms with van der Waals surface area (Å²) in [5.74, 6) is -1.32. The Kier molecular flexibility index (Phi) is 7.69. The lowest BCUT2D eigenvalue weighted by Gasteiger charge is -2.11. The Hall–Kier alpha value is -5.69. The highest BCUT2D eigenvalue weighted by molar-refractivity contribution is 9.10. The second-order valence-electron chi connectivity index (χ2n) is 9.38. The van der Waals surface area contributed by atoms with E-state index in [0.717, 1.165) is 14.5 Å². The Morgan fingerprint density at radius 2 is 1.89 bits per heavy atom. The number of carbonyl (C=O) groups excluding carboxylic acids is 1. The summed E-state index contributed by atoms with van der Waals surface area (Å²) in [6, 6.07) is 23.5. The normalized spacial score (nSPS) is 11.3. The fourth-order valence-corrected chi connectivity index (χ4v) is 4.84. The molecule has 2 heterocycles. The summed E-state index contributed by atoms with van der Waals surface area (Å²) in [5.41, 5.74) is 0.0434. The topological polar surface area (TPSA) is 142 Å². The summed E-state index contributed by atoms with van der Waals surface area (Å²) in [6.07, 6.45) is 1.19. The summed E-state index contributed by atoms with van der Waals surface area (Å²) in [5, 5.41) is 19.6. The van der Waals surface area contributed by atoms with E-state index in [9.17, 15) is 24.1 Å². The molecule has 0 aliphatic rings. The zero-order valence-electron chi connectivity index (χ0n) is 22.4. The van der Waals surface area contributed by atoms with Crippen LogP contribution in [-0.2, 0) is 4.79 Å². The van der Waals surface area contributed by atoms with Crippen molar-refractivity contribution in [1.82, 2.24) is 9.66 Å². The van der Waals surface area contributed by atoms with Gasteiger partial charge in [0.2, 0.25) is 11.6 Å². The van der Waals surface area contributed by atoms with Crippen molar-refractivity contribution in [1.29, 1.82) is 0 Å². The first kappa shape index (κ1) is 28.4. The number of anilines is 1. The smallest absolute Gasteiger partial charge is 0.311 e. The lowest BCUT2D eigenvalue weighted by atomic mass is 10.2. The van der Waals surface area contributed by atoms with Gasteiger partial charge in [-0.15, -0.1) is 0 Å². The number of halogens is 2. The van der Waals surface area contributed by atoms with Crippen molar-refractivity contribution in [2.45, 2.75) is 0 Å². The molecule has 0 atom stereocenters. The highest BCUT2D eigenvalue weighted by Crippen LogP contribution is 2.31. The maximum Gasteiger partial charge on any atom is 0.311 e. The van der Waals surface area contributed by atoms with Gasteiger partial charge in [0.15, 0.2) is 12.4 Å². The molecule has 6 rings (SSSR count). The van der Waals surface area contributed by atoms with E-state index in [-0.39, 0.29) is 34.0 Å². The number of nitro groups is 1. The number of hydrogen-bond donors (Lipinski definition) is 1. The van der Waals surface area contributed by atoms with Gasteiger partial charge in [0.25, 0.3) is 11.5 Å². The zero-order chi connectivity index (χ0) is 30.8. The van der Waals surface area contributed by atoms with E-state index in [2.05, 4.69) is 31.3 Å². The van der Waals surface area contributed by atoms with Gasteiger partial charge in [0.1, 0.15) is 11.4 Å². The molecular weight excluding hydrogens is 637 g/mol. The number of hydrogen-bond acceptors (Lipinski definition) is 8. The number of aromatic nitrogens is 2. The zero-order valence-corrected chi connectivity index (χ0v) is 24.0. The number of carbonyl (C=O) groups is 1. The number of fused-ring (bicyclic) bond motifs is 2. The van der Waals surface area contributed by atoms with Crippen molar-refractivity contribution >= 4 is 61.3 Å². The minimum absolute atomic E-state index is 0.0703. The first-order valence-electron chi connectivity index (χ1n) is 13.0. The van der Waals surface area contributed by atoms with Crippen molar-refractivity contribution in [2.75, 3.05) is 11.9 Å². The Morgan fingerprint density at radius 1 is 1.09 bits per heavy atom. The number of nitrogens with one attached hydrogen (secondary N) is 1. The summed E-state index contributed by atoms with van der Waals surface area (Å²) >= 11 is 3.43. The monoisotopic (exact) mass is 655 g/mol. The van der Waals surface area contributed by atoms with Crippen LogP contribution in [0.5, 0.6) is 5.75 Å². The van der Waals surface area contributed by atoms with Crippen LogP contribution in [0.4, 0.5) is 15.8 Å². The second-order valence-corrected chi connectivity index (χ2v) is 10.3. The predicted octanol–water partition coefficient (Wildman–Crippen LogP) is 6.52.